The summed E-state index contributed by atoms with van der Waals surface area (Å²) in [6.07, 6.45) is 0.890. The van der Waals surface area contributed by atoms with E-state index in [0.29, 0.717) is 49.4 Å². The summed E-state index contributed by atoms with van der Waals surface area (Å²) in [5.41, 5.74) is -0.0647. The fourth-order valence-corrected chi connectivity index (χ4v) is 9.16. The number of ether oxygens (including phenoxy) is 2. The first-order chi connectivity index (χ1) is 19.7. The van der Waals surface area contributed by atoms with E-state index < -0.39 is 7.26 Å². The van der Waals surface area contributed by atoms with Crippen LogP contribution in [0.5, 0.6) is 0 Å². The summed E-state index contributed by atoms with van der Waals surface area (Å²) >= 11 is 0. The summed E-state index contributed by atoms with van der Waals surface area (Å²) in [4.78, 5) is 24.2. The Labute approximate surface area is 233 Å². The smallest absolute Gasteiger partial charge is 0.272 e. The van der Waals surface area contributed by atoms with E-state index >= 15 is 0 Å². The molecule has 0 amide bonds. The third kappa shape index (κ3) is 6.07. The van der Waals surface area contributed by atoms with Gasteiger partial charge in [-0.25, -0.2) is 0 Å². The van der Waals surface area contributed by atoms with Gasteiger partial charge in [0.1, 0.15) is 23.2 Å². The number of aromatic nitrogens is 2. The average molecular weight is 555 g/mol. The number of benzene rings is 4. The van der Waals surface area contributed by atoms with Crippen LogP contribution < -0.4 is 32.3 Å². The van der Waals surface area contributed by atoms with Gasteiger partial charge in [0.25, 0.3) is 11.1 Å². The Morgan fingerprint density at radius 1 is 0.575 bits per heavy atom. The van der Waals surface area contributed by atoms with Gasteiger partial charge in [0, 0.05) is 12.2 Å². The fraction of sp³-hybridized carbons (Fsp3) is 0.188. The second-order valence-corrected chi connectivity index (χ2v) is 12.9. The zero-order chi connectivity index (χ0) is 27.6. The molecule has 0 saturated heterocycles. The number of aromatic amines is 2. The number of hydrogen-bond acceptors (Lipinski definition) is 5. The highest BCUT2D eigenvalue weighted by atomic mass is 31.2. The van der Waals surface area contributed by atoms with Crippen molar-refractivity contribution in [2.75, 3.05) is 44.5 Å². The Hall–Kier alpha value is -4.03. The molecule has 0 spiro atoms. The monoisotopic (exact) mass is 554 g/mol. The van der Waals surface area contributed by atoms with Gasteiger partial charge in [0.15, 0.2) is 0 Å². The van der Waals surface area contributed by atoms with Gasteiger partial charge in [-0.05, 0) is 48.5 Å². The van der Waals surface area contributed by atoms with Crippen molar-refractivity contribution < 1.29 is 9.47 Å². The standard InChI is InChI=1S/C32H32N3O4P/c36-31-28-17-10-18-29(30(28)32(37)35-34-31)33-19-20-38-21-22-39-23-24-40(25-11-4-1-5-12-25,26-13-6-2-7-14-26)27-15-8-3-9-16-27/h1-18H,19-24H2,(H2-,33,34,35,36,37)/p+1. The molecule has 5 rings (SSSR count). The van der Waals surface area contributed by atoms with E-state index in [1.165, 1.54) is 15.9 Å². The van der Waals surface area contributed by atoms with E-state index in [2.05, 4.69) is 107 Å². The van der Waals surface area contributed by atoms with E-state index in [9.17, 15) is 9.59 Å². The Morgan fingerprint density at radius 3 is 1.68 bits per heavy atom. The largest absolute Gasteiger partial charge is 0.382 e. The summed E-state index contributed by atoms with van der Waals surface area (Å²) in [7, 11) is -1.91. The first kappa shape index (κ1) is 27.5. The lowest BCUT2D eigenvalue weighted by molar-refractivity contribution is 0.0578. The van der Waals surface area contributed by atoms with Crippen LogP contribution in [0.15, 0.2) is 119 Å². The first-order valence-corrected chi connectivity index (χ1v) is 15.4. The van der Waals surface area contributed by atoms with Gasteiger partial charge < -0.3 is 14.8 Å². The SMILES string of the molecule is O=c1[nH][nH]c(=O)c2c(NCCOCCOCC[P+](c3ccccc3)(c3ccccc3)c3ccccc3)cccc12. The number of hydrogen-bond donors (Lipinski definition) is 3. The zero-order valence-electron chi connectivity index (χ0n) is 22.2. The van der Waals surface area contributed by atoms with Gasteiger partial charge in [-0.15, -0.1) is 0 Å². The van der Waals surface area contributed by atoms with Crippen LogP contribution in [0.25, 0.3) is 10.8 Å². The Balaban J connectivity index is 1.17. The van der Waals surface area contributed by atoms with Crippen molar-refractivity contribution in [2.24, 2.45) is 0 Å². The lowest BCUT2D eigenvalue weighted by Crippen LogP contribution is -2.34. The second kappa shape index (κ2) is 13.4. The molecule has 8 heteroatoms. The van der Waals surface area contributed by atoms with Crippen LogP contribution in [0.1, 0.15) is 0 Å². The maximum atomic E-state index is 12.2. The summed E-state index contributed by atoms with van der Waals surface area (Å²) in [6, 6.07) is 37.5. The van der Waals surface area contributed by atoms with E-state index in [1.54, 1.807) is 18.2 Å². The summed E-state index contributed by atoms with van der Waals surface area (Å²) in [5.74, 6) is 0. The molecule has 0 aliphatic rings. The Kier molecular flexibility index (Phi) is 9.19. The van der Waals surface area contributed by atoms with E-state index in [1.807, 2.05) is 0 Å². The predicted molar refractivity (Wildman–Crippen MR) is 165 cm³/mol. The minimum Gasteiger partial charge on any atom is -0.382 e. The highest BCUT2D eigenvalue weighted by Gasteiger charge is 2.44. The summed E-state index contributed by atoms with van der Waals surface area (Å²) in [6.45, 7) is 2.50. The average Bonchev–Trinajstić information content (AvgIpc) is 3.01. The maximum absolute atomic E-state index is 12.2. The van der Waals surface area contributed by atoms with Crippen molar-refractivity contribution in [3.05, 3.63) is 130 Å². The lowest BCUT2D eigenvalue weighted by atomic mass is 10.1. The highest BCUT2D eigenvalue weighted by Crippen LogP contribution is 2.54. The van der Waals surface area contributed by atoms with Gasteiger partial charge in [-0.2, -0.15) is 0 Å². The number of nitrogens with one attached hydrogen (secondary N) is 3. The molecule has 0 unspecified atom stereocenters. The zero-order valence-corrected chi connectivity index (χ0v) is 23.1. The molecule has 4 aromatic carbocycles. The van der Waals surface area contributed by atoms with Crippen LogP contribution in [0.2, 0.25) is 0 Å². The molecular formula is C32H33N3O4P+. The third-order valence-electron chi connectivity index (χ3n) is 6.92. The fourth-order valence-electron chi connectivity index (χ4n) is 5.04. The van der Waals surface area contributed by atoms with Crippen molar-refractivity contribution in [3.63, 3.8) is 0 Å². The number of H-pyrrole nitrogens is 2. The van der Waals surface area contributed by atoms with Crippen LogP contribution in [-0.2, 0) is 9.47 Å². The normalized spacial score (nSPS) is 11.5. The van der Waals surface area contributed by atoms with Gasteiger partial charge in [0.05, 0.1) is 43.4 Å². The lowest BCUT2D eigenvalue weighted by Gasteiger charge is -2.27. The molecule has 7 nitrogen and oxygen atoms in total. The number of rotatable bonds is 13. The molecule has 0 atom stereocenters. The molecule has 0 bridgehead atoms. The predicted octanol–water partition coefficient (Wildman–Crippen LogP) is 3.66. The molecule has 1 heterocycles. The highest BCUT2D eigenvalue weighted by molar-refractivity contribution is 7.95. The number of fused-ring (bicyclic) bond motifs is 1. The van der Waals surface area contributed by atoms with E-state index in [0.717, 1.165) is 6.16 Å². The molecule has 5 aromatic rings. The summed E-state index contributed by atoms with van der Waals surface area (Å²) < 4.78 is 11.9. The van der Waals surface area contributed by atoms with Crippen molar-refractivity contribution in [1.82, 2.24) is 10.2 Å². The Bertz CT molecular complexity index is 1530. The van der Waals surface area contributed by atoms with Crippen LogP contribution in [0.3, 0.4) is 0 Å². The molecular weight excluding hydrogens is 521 g/mol. The topological polar surface area (TPSA) is 96.2 Å². The van der Waals surface area contributed by atoms with Gasteiger partial charge in [-0.3, -0.25) is 19.8 Å². The van der Waals surface area contributed by atoms with Crippen LogP contribution >= 0.6 is 7.26 Å². The Morgan fingerprint density at radius 2 is 1.10 bits per heavy atom. The molecule has 0 saturated carbocycles. The molecule has 40 heavy (non-hydrogen) atoms. The van der Waals surface area contributed by atoms with Crippen molar-refractivity contribution in [1.29, 1.82) is 0 Å². The van der Waals surface area contributed by atoms with Gasteiger partial charge in [0.2, 0.25) is 0 Å². The van der Waals surface area contributed by atoms with E-state index in [4.69, 9.17) is 9.47 Å². The molecule has 0 aliphatic heterocycles. The minimum absolute atomic E-state index is 0.329. The van der Waals surface area contributed by atoms with Crippen LogP contribution in [0, 0.1) is 0 Å². The molecule has 0 fully saturated rings. The van der Waals surface area contributed by atoms with Crippen LogP contribution in [-0.4, -0.2) is 49.3 Å². The molecule has 3 N–H and O–H groups in total. The number of anilines is 1. The first-order valence-electron chi connectivity index (χ1n) is 13.4. The van der Waals surface area contributed by atoms with Gasteiger partial charge in [-0.1, -0.05) is 60.7 Å². The summed E-state index contributed by atoms with van der Waals surface area (Å²) in [5, 5.41) is 12.6. The molecule has 1 aromatic heterocycles. The van der Waals surface area contributed by atoms with Crippen LogP contribution in [0.4, 0.5) is 5.69 Å². The van der Waals surface area contributed by atoms with Crippen molar-refractivity contribution in [2.45, 2.75) is 0 Å². The third-order valence-corrected chi connectivity index (χ3v) is 11.3. The van der Waals surface area contributed by atoms with Crippen molar-refractivity contribution >= 4 is 39.6 Å². The van der Waals surface area contributed by atoms with Crippen molar-refractivity contribution in [3.8, 4) is 0 Å². The molecule has 204 valence electrons. The minimum atomic E-state index is -1.91. The molecule has 0 aliphatic carbocycles. The van der Waals surface area contributed by atoms with E-state index in [-0.39, 0.29) is 11.1 Å². The second-order valence-electron chi connectivity index (χ2n) is 9.33. The maximum Gasteiger partial charge on any atom is 0.272 e. The quantitative estimate of drug-likeness (QED) is 0.153. The molecule has 0 radical (unpaired) electrons. The van der Waals surface area contributed by atoms with Gasteiger partial charge >= 0.3 is 0 Å².